The van der Waals surface area contributed by atoms with Gasteiger partial charge in [0, 0.05) is 30.2 Å². The summed E-state index contributed by atoms with van der Waals surface area (Å²) in [6.45, 7) is 3.38. The molecule has 2 aromatic carbocycles. The van der Waals surface area contributed by atoms with Gasteiger partial charge in [-0.2, -0.15) is 5.26 Å². The first-order chi connectivity index (χ1) is 19.1. The molecule has 5 rings (SSSR count). The van der Waals surface area contributed by atoms with Crippen LogP contribution in [0, 0.1) is 22.7 Å². The molecule has 4 N–H and O–H groups in total. The lowest BCUT2D eigenvalue weighted by Crippen LogP contribution is -2.25. The van der Waals surface area contributed by atoms with Crippen molar-refractivity contribution in [3.63, 3.8) is 0 Å². The molecular weight excluding hydrogens is 510 g/mol. The van der Waals surface area contributed by atoms with E-state index in [4.69, 9.17) is 16.1 Å². The number of aryl methyl sites for hydroxylation is 1. The number of halogens is 2. The Kier molecular flexibility index (Phi) is 7.28. The van der Waals surface area contributed by atoms with Crippen LogP contribution in [-0.2, 0) is 18.9 Å². The van der Waals surface area contributed by atoms with E-state index in [-0.39, 0.29) is 23.5 Å². The summed E-state index contributed by atoms with van der Waals surface area (Å²) in [4.78, 5) is 19.8. The smallest absolute Gasteiger partial charge is 0.270 e. The molecule has 3 aromatic rings. The number of hydrogen-bond acceptors (Lipinski definition) is 5. The molecule has 2 heterocycles. The number of rotatable bonds is 9. The quantitative estimate of drug-likeness (QED) is 0.215. The normalized spacial score (nSPS) is 15.0. The van der Waals surface area contributed by atoms with E-state index in [2.05, 4.69) is 11.4 Å². The Labute approximate surface area is 232 Å². The molecule has 0 bridgehead atoms. The predicted octanol–water partition coefficient (Wildman–Crippen LogP) is 6.34. The molecule has 9 heteroatoms. The first-order valence-electron chi connectivity index (χ1n) is 13.6. The molecule has 1 aliphatic heterocycles. The maximum Gasteiger partial charge on any atom is 0.270 e. The maximum atomic E-state index is 14.6. The lowest BCUT2D eigenvalue weighted by Gasteiger charge is -2.25. The number of amides is 1. The van der Waals surface area contributed by atoms with Crippen LogP contribution < -0.4 is 16.0 Å². The summed E-state index contributed by atoms with van der Waals surface area (Å²) < 4.78 is 29.3. The fraction of sp³-hybridized carbons (Fsp3) is 0.355. The second kappa shape index (κ2) is 10.7. The minimum atomic E-state index is -3.11. The minimum absolute atomic E-state index is 0.0350. The number of alkyl halides is 2. The van der Waals surface area contributed by atoms with Crippen LogP contribution in [0.5, 0.6) is 0 Å². The van der Waals surface area contributed by atoms with Gasteiger partial charge >= 0.3 is 0 Å². The summed E-state index contributed by atoms with van der Waals surface area (Å²) >= 11 is 0. The lowest BCUT2D eigenvalue weighted by atomic mass is 9.83. The van der Waals surface area contributed by atoms with E-state index in [0.29, 0.717) is 63.9 Å². The van der Waals surface area contributed by atoms with Crippen molar-refractivity contribution in [2.45, 2.75) is 58.4 Å². The number of fused-ring (bicyclic) bond motifs is 1. The van der Waals surface area contributed by atoms with Gasteiger partial charge in [0.2, 0.25) is 0 Å². The molecule has 2 aliphatic rings. The Balaban J connectivity index is 1.59. The Morgan fingerprint density at radius 3 is 2.62 bits per heavy atom. The summed E-state index contributed by atoms with van der Waals surface area (Å²) in [5, 5.41) is 21.0. The molecule has 1 aliphatic carbocycles. The number of benzene rings is 2. The fourth-order valence-corrected chi connectivity index (χ4v) is 5.42. The van der Waals surface area contributed by atoms with Crippen molar-refractivity contribution >= 4 is 23.4 Å². The van der Waals surface area contributed by atoms with Gasteiger partial charge in [0.1, 0.15) is 17.5 Å². The number of nitrogens with two attached hydrogens (primary N) is 1. The van der Waals surface area contributed by atoms with Crippen LogP contribution in [-0.4, -0.2) is 23.3 Å². The minimum Gasteiger partial charge on any atom is -0.384 e. The molecule has 0 atom stereocenters. The highest BCUT2D eigenvalue weighted by atomic mass is 19.3. The molecule has 0 radical (unpaired) electrons. The van der Waals surface area contributed by atoms with E-state index in [0.717, 1.165) is 13.3 Å². The molecule has 0 spiro atoms. The first kappa shape index (κ1) is 27.3. The Morgan fingerprint density at radius 1 is 1.23 bits per heavy atom. The van der Waals surface area contributed by atoms with E-state index in [1.54, 1.807) is 30.3 Å². The van der Waals surface area contributed by atoms with Gasteiger partial charge in [-0.3, -0.25) is 15.1 Å². The summed E-state index contributed by atoms with van der Waals surface area (Å²) in [5.41, 5.74) is 8.96. The number of pyridine rings is 1. The van der Waals surface area contributed by atoms with E-state index in [9.17, 15) is 18.8 Å². The van der Waals surface area contributed by atoms with E-state index >= 15 is 0 Å². The average Bonchev–Trinajstić information content (AvgIpc) is 3.24. The molecule has 1 saturated carbocycles. The van der Waals surface area contributed by atoms with Gasteiger partial charge in [-0.05, 0) is 83.5 Å². The van der Waals surface area contributed by atoms with Gasteiger partial charge < -0.3 is 11.1 Å². The van der Waals surface area contributed by atoms with Gasteiger partial charge in [0.15, 0.2) is 0 Å². The van der Waals surface area contributed by atoms with E-state index in [1.807, 2.05) is 13.0 Å². The van der Waals surface area contributed by atoms with Gasteiger partial charge in [-0.25, -0.2) is 13.8 Å². The van der Waals surface area contributed by atoms with Crippen LogP contribution in [0.15, 0.2) is 42.5 Å². The van der Waals surface area contributed by atoms with E-state index in [1.165, 1.54) is 30.2 Å². The predicted molar refractivity (Wildman–Crippen MR) is 152 cm³/mol. The van der Waals surface area contributed by atoms with Crippen LogP contribution in [0.2, 0.25) is 0 Å². The first-order valence-corrected chi connectivity index (χ1v) is 13.6. The van der Waals surface area contributed by atoms with Gasteiger partial charge in [-0.1, -0.05) is 26.2 Å². The standard InChI is InChI=1S/C31H32F2N6O/c1-3-18-11-24-25(26(13-18)31(2,32)33)17-39(30(24)40)28-15-21(14-27(38-28)37-10-9-19-5-4-6-19)23-12-20(16-34)7-8-22(23)29(35)36/h7-8,11-15,19H,3-6,9-10,17H2,1-2H3,(H3,35,36)(H,37,38). The molecule has 206 valence electrons. The number of carbonyl (C=O) groups is 1. The second-order valence-corrected chi connectivity index (χ2v) is 10.7. The number of aromatic nitrogens is 1. The Hall–Kier alpha value is -4.32. The highest BCUT2D eigenvalue weighted by Gasteiger charge is 2.38. The SMILES string of the molecule is CCc1cc2c(c(C(C)(F)F)c1)CN(c1cc(-c3cc(C#N)ccc3C(=N)N)cc(NCCC3CCC3)n1)C2=O. The molecular formula is C31H32F2N6O. The van der Waals surface area contributed by atoms with Gasteiger partial charge in [0.05, 0.1) is 18.2 Å². The topological polar surface area (TPSA) is 119 Å². The van der Waals surface area contributed by atoms with Crippen molar-refractivity contribution in [3.8, 4) is 17.2 Å². The number of nitriles is 1. The molecule has 1 fully saturated rings. The third-order valence-corrected chi connectivity index (χ3v) is 7.90. The third-order valence-electron chi connectivity index (χ3n) is 7.90. The summed E-state index contributed by atoms with van der Waals surface area (Å²) in [6.07, 6.45) is 5.20. The molecule has 1 aromatic heterocycles. The number of nitrogen functional groups attached to an aromatic ring is 1. The number of anilines is 2. The average molecular weight is 543 g/mol. The monoisotopic (exact) mass is 542 g/mol. The van der Waals surface area contributed by atoms with Crippen molar-refractivity contribution < 1.29 is 13.6 Å². The highest BCUT2D eigenvalue weighted by Crippen LogP contribution is 2.40. The summed E-state index contributed by atoms with van der Waals surface area (Å²) in [7, 11) is 0. The number of amidine groups is 1. The van der Waals surface area contributed by atoms with Crippen molar-refractivity contribution in [2.75, 3.05) is 16.8 Å². The molecule has 0 saturated heterocycles. The third kappa shape index (κ3) is 5.26. The zero-order valence-electron chi connectivity index (χ0n) is 22.7. The van der Waals surface area contributed by atoms with Crippen LogP contribution in [0.1, 0.15) is 77.7 Å². The Bertz CT molecular complexity index is 1530. The van der Waals surface area contributed by atoms with Crippen LogP contribution >= 0.6 is 0 Å². The number of carbonyl (C=O) groups excluding carboxylic acids is 1. The van der Waals surface area contributed by atoms with Crippen LogP contribution in [0.4, 0.5) is 20.4 Å². The summed E-state index contributed by atoms with van der Waals surface area (Å²) in [6, 6.07) is 13.7. The molecule has 1 amide bonds. The maximum absolute atomic E-state index is 14.6. The van der Waals surface area contributed by atoms with E-state index < -0.39 is 11.8 Å². The largest absolute Gasteiger partial charge is 0.384 e. The second-order valence-electron chi connectivity index (χ2n) is 10.7. The van der Waals surface area contributed by atoms with Gasteiger partial charge in [-0.15, -0.1) is 0 Å². The van der Waals surface area contributed by atoms with Crippen molar-refractivity contribution in [1.29, 1.82) is 10.7 Å². The fourth-order valence-electron chi connectivity index (χ4n) is 5.42. The Morgan fingerprint density at radius 2 is 2.00 bits per heavy atom. The van der Waals surface area contributed by atoms with Crippen molar-refractivity contribution in [2.24, 2.45) is 11.7 Å². The van der Waals surface area contributed by atoms with Crippen LogP contribution in [0.25, 0.3) is 11.1 Å². The van der Waals surface area contributed by atoms with Gasteiger partial charge in [0.25, 0.3) is 11.8 Å². The molecule has 0 unspecified atom stereocenters. The van der Waals surface area contributed by atoms with Crippen LogP contribution in [0.3, 0.4) is 0 Å². The molecule has 40 heavy (non-hydrogen) atoms. The zero-order chi connectivity index (χ0) is 28.6. The number of nitrogens with one attached hydrogen (secondary N) is 2. The van der Waals surface area contributed by atoms with Crippen molar-refractivity contribution in [1.82, 2.24) is 4.98 Å². The summed E-state index contributed by atoms with van der Waals surface area (Å²) in [5.74, 6) is -2.16. The number of nitrogens with zero attached hydrogens (tertiary/aromatic N) is 3. The number of hydrogen-bond donors (Lipinski definition) is 3. The zero-order valence-corrected chi connectivity index (χ0v) is 22.7. The van der Waals surface area contributed by atoms with Crippen molar-refractivity contribution in [3.05, 3.63) is 75.8 Å². The molecule has 7 nitrogen and oxygen atoms in total. The lowest BCUT2D eigenvalue weighted by molar-refractivity contribution is 0.0165. The highest BCUT2D eigenvalue weighted by molar-refractivity contribution is 6.10.